The van der Waals surface area contributed by atoms with E-state index >= 15 is 0 Å². The molecular formula is C11H6N4O2. The summed E-state index contributed by atoms with van der Waals surface area (Å²) in [6, 6.07) is 7.77. The first-order chi connectivity index (χ1) is 8.20. The van der Waals surface area contributed by atoms with E-state index < -0.39 is 4.92 Å². The van der Waals surface area contributed by atoms with Gasteiger partial charge in [0.15, 0.2) is 0 Å². The molecule has 82 valence electrons. The van der Waals surface area contributed by atoms with Gasteiger partial charge in [-0.05, 0) is 17.7 Å². The third kappa shape index (κ3) is 2.23. The van der Waals surface area contributed by atoms with Crippen LogP contribution < -0.4 is 0 Å². The third-order valence-electron chi connectivity index (χ3n) is 2.18. The van der Waals surface area contributed by atoms with E-state index in [1.807, 2.05) is 6.07 Å². The molecule has 0 atom stereocenters. The lowest BCUT2D eigenvalue weighted by molar-refractivity contribution is -0.384. The summed E-state index contributed by atoms with van der Waals surface area (Å²) in [5.74, 6) is 0. The Hall–Kier alpha value is -2.81. The molecule has 2 aromatic rings. The lowest BCUT2D eigenvalue weighted by Gasteiger charge is -2.01. The number of non-ortho nitro benzene ring substituents is 1. The van der Waals surface area contributed by atoms with Gasteiger partial charge in [-0.1, -0.05) is 0 Å². The van der Waals surface area contributed by atoms with E-state index in [1.54, 1.807) is 12.1 Å². The van der Waals surface area contributed by atoms with Crippen LogP contribution in [-0.2, 0) is 0 Å². The second kappa shape index (κ2) is 4.37. The molecule has 6 nitrogen and oxygen atoms in total. The molecule has 17 heavy (non-hydrogen) atoms. The average Bonchev–Trinajstić information content (AvgIpc) is 2.39. The minimum Gasteiger partial charge on any atom is -0.258 e. The summed E-state index contributed by atoms with van der Waals surface area (Å²) in [5.41, 5.74) is 1.38. The van der Waals surface area contributed by atoms with Crippen molar-refractivity contribution in [3.05, 3.63) is 52.3 Å². The number of rotatable bonds is 2. The number of nitro groups is 1. The van der Waals surface area contributed by atoms with Crippen LogP contribution in [0.2, 0.25) is 0 Å². The zero-order valence-corrected chi connectivity index (χ0v) is 8.57. The molecule has 0 N–H and O–H groups in total. The van der Waals surface area contributed by atoms with Crippen LogP contribution in [0.4, 0.5) is 5.69 Å². The molecule has 0 amide bonds. The van der Waals surface area contributed by atoms with Crippen LogP contribution in [0.5, 0.6) is 0 Å². The van der Waals surface area contributed by atoms with Crippen molar-refractivity contribution in [3.63, 3.8) is 0 Å². The summed E-state index contributed by atoms with van der Waals surface area (Å²) in [6.07, 6.45) is 2.97. The molecular weight excluding hydrogens is 220 g/mol. The second-order valence-corrected chi connectivity index (χ2v) is 3.27. The SMILES string of the molecule is N#Cc1cc(-c2ccnnc2)cc([N+](=O)[O-])c1. The Kier molecular flexibility index (Phi) is 2.75. The number of aromatic nitrogens is 2. The molecule has 2 rings (SSSR count). The summed E-state index contributed by atoms with van der Waals surface area (Å²) in [6.45, 7) is 0. The number of nitriles is 1. The fourth-order valence-electron chi connectivity index (χ4n) is 1.41. The third-order valence-corrected chi connectivity index (χ3v) is 2.18. The minimum absolute atomic E-state index is 0.115. The highest BCUT2D eigenvalue weighted by atomic mass is 16.6. The van der Waals surface area contributed by atoms with Crippen LogP contribution >= 0.6 is 0 Å². The monoisotopic (exact) mass is 226 g/mol. The van der Waals surface area contributed by atoms with Gasteiger partial charge in [-0.3, -0.25) is 10.1 Å². The predicted octanol–water partition coefficient (Wildman–Crippen LogP) is 1.92. The highest BCUT2D eigenvalue weighted by Gasteiger charge is 2.10. The zero-order valence-electron chi connectivity index (χ0n) is 8.57. The Morgan fingerprint density at radius 3 is 2.65 bits per heavy atom. The van der Waals surface area contributed by atoms with Crippen LogP contribution in [0, 0.1) is 21.4 Å². The first-order valence-corrected chi connectivity index (χ1v) is 4.67. The van der Waals surface area contributed by atoms with Crippen molar-refractivity contribution in [3.8, 4) is 17.2 Å². The predicted molar refractivity (Wildman–Crippen MR) is 58.8 cm³/mol. The van der Waals surface area contributed by atoms with Crippen LogP contribution in [0.1, 0.15) is 5.56 Å². The van der Waals surface area contributed by atoms with Gasteiger partial charge in [-0.2, -0.15) is 15.5 Å². The summed E-state index contributed by atoms with van der Waals surface area (Å²) in [5, 5.41) is 26.8. The van der Waals surface area contributed by atoms with Crippen LogP contribution in [0.25, 0.3) is 11.1 Å². The number of nitrogens with zero attached hydrogens (tertiary/aromatic N) is 4. The maximum absolute atomic E-state index is 10.7. The fraction of sp³-hybridized carbons (Fsp3) is 0. The summed E-state index contributed by atoms with van der Waals surface area (Å²) in [4.78, 5) is 10.2. The molecule has 1 heterocycles. The van der Waals surface area contributed by atoms with Gasteiger partial charge >= 0.3 is 0 Å². The van der Waals surface area contributed by atoms with Crippen molar-refractivity contribution in [1.29, 1.82) is 5.26 Å². The van der Waals surface area contributed by atoms with E-state index in [9.17, 15) is 10.1 Å². The van der Waals surface area contributed by atoms with Crippen LogP contribution in [-0.4, -0.2) is 15.1 Å². The van der Waals surface area contributed by atoms with E-state index in [0.717, 1.165) is 0 Å². The highest BCUT2D eigenvalue weighted by Crippen LogP contribution is 2.24. The molecule has 0 aliphatic carbocycles. The molecule has 1 aromatic heterocycles. The van der Waals surface area contributed by atoms with Crippen molar-refractivity contribution in [2.75, 3.05) is 0 Å². The summed E-state index contributed by atoms with van der Waals surface area (Å²) >= 11 is 0. The van der Waals surface area contributed by atoms with Crippen molar-refractivity contribution in [2.45, 2.75) is 0 Å². The van der Waals surface area contributed by atoms with E-state index in [4.69, 9.17) is 5.26 Å². The summed E-state index contributed by atoms with van der Waals surface area (Å²) in [7, 11) is 0. The van der Waals surface area contributed by atoms with E-state index in [0.29, 0.717) is 11.1 Å². The van der Waals surface area contributed by atoms with E-state index in [1.165, 1.54) is 24.5 Å². The summed E-state index contributed by atoms with van der Waals surface area (Å²) < 4.78 is 0. The normalized spacial score (nSPS) is 9.59. The van der Waals surface area contributed by atoms with Gasteiger partial charge in [0, 0.05) is 17.7 Å². The Bertz CT molecular complexity index is 605. The first kappa shape index (κ1) is 10.7. The molecule has 0 fully saturated rings. The van der Waals surface area contributed by atoms with Crippen LogP contribution in [0.15, 0.2) is 36.7 Å². The second-order valence-electron chi connectivity index (χ2n) is 3.27. The first-order valence-electron chi connectivity index (χ1n) is 4.67. The Labute approximate surface area is 96.3 Å². The minimum atomic E-state index is -0.529. The zero-order chi connectivity index (χ0) is 12.3. The number of hydrogen-bond donors (Lipinski definition) is 0. The van der Waals surface area contributed by atoms with Crippen molar-refractivity contribution >= 4 is 5.69 Å². The van der Waals surface area contributed by atoms with Gasteiger partial charge in [0.25, 0.3) is 5.69 Å². The topological polar surface area (TPSA) is 92.7 Å². The molecule has 6 heteroatoms. The quantitative estimate of drug-likeness (QED) is 0.576. The van der Waals surface area contributed by atoms with Gasteiger partial charge in [0.05, 0.1) is 28.9 Å². The smallest absolute Gasteiger partial charge is 0.258 e. The Morgan fingerprint density at radius 2 is 2.06 bits per heavy atom. The van der Waals surface area contributed by atoms with Crippen molar-refractivity contribution in [2.24, 2.45) is 0 Å². The van der Waals surface area contributed by atoms with Crippen LogP contribution in [0.3, 0.4) is 0 Å². The lowest BCUT2D eigenvalue weighted by Crippen LogP contribution is -1.91. The molecule has 0 saturated heterocycles. The maximum Gasteiger partial charge on any atom is 0.271 e. The molecule has 0 unspecified atom stereocenters. The van der Waals surface area contributed by atoms with Gasteiger partial charge in [0.2, 0.25) is 0 Å². The lowest BCUT2D eigenvalue weighted by atomic mass is 10.0. The molecule has 0 radical (unpaired) electrons. The molecule has 0 saturated carbocycles. The van der Waals surface area contributed by atoms with Crippen molar-refractivity contribution < 1.29 is 4.92 Å². The van der Waals surface area contributed by atoms with E-state index in [2.05, 4.69) is 10.2 Å². The van der Waals surface area contributed by atoms with Gasteiger partial charge in [-0.25, -0.2) is 0 Å². The van der Waals surface area contributed by atoms with Gasteiger partial charge in [0.1, 0.15) is 0 Å². The van der Waals surface area contributed by atoms with E-state index in [-0.39, 0.29) is 11.3 Å². The fourth-order valence-corrected chi connectivity index (χ4v) is 1.41. The Balaban J connectivity index is 2.59. The molecule has 0 spiro atoms. The van der Waals surface area contributed by atoms with Gasteiger partial charge < -0.3 is 0 Å². The number of hydrogen-bond acceptors (Lipinski definition) is 5. The highest BCUT2D eigenvalue weighted by molar-refractivity contribution is 5.67. The van der Waals surface area contributed by atoms with Crippen molar-refractivity contribution in [1.82, 2.24) is 10.2 Å². The average molecular weight is 226 g/mol. The molecule has 0 aliphatic rings. The maximum atomic E-state index is 10.7. The molecule has 0 aliphatic heterocycles. The number of benzene rings is 1. The largest absolute Gasteiger partial charge is 0.271 e. The molecule has 0 bridgehead atoms. The Morgan fingerprint density at radius 1 is 1.24 bits per heavy atom. The standard InChI is InChI=1S/C11H6N4O2/c12-6-8-3-10(5-11(4-8)15(16)17)9-1-2-13-14-7-9/h1-5,7H. The molecule has 1 aromatic carbocycles. The van der Waals surface area contributed by atoms with Gasteiger partial charge in [-0.15, -0.1) is 0 Å². The number of nitro benzene ring substituents is 1.